The molecule has 2 rings (SSSR count). The molecule has 130 valence electrons. The molecule has 0 unspecified atom stereocenters. The summed E-state index contributed by atoms with van der Waals surface area (Å²) in [6.45, 7) is 4.89. The Balaban J connectivity index is 2.00. The molecule has 0 aliphatic carbocycles. The van der Waals surface area contributed by atoms with Crippen LogP contribution in [-0.2, 0) is 9.53 Å². The largest absolute Gasteiger partial charge is 0.508 e. The maximum absolute atomic E-state index is 12.2. The number of ether oxygens (including phenoxy) is 1. The first kappa shape index (κ1) is 17.8. The maximum Gasteiger partial charge on any atom is 0.338 e. The number of amides is 2. The zero-order valence-corrected chi connectivity index (χ0v) is 14.0. The average Bonchev–Trinajstić information content (AvgIpc) is 2.92. The van der Waals surface area contributed by atoms with E-state index in [-0.39, 0.29) is 34.7 Å². The molecule has 7 heteroatoms. The van der Waals surface area contributed by atoms with Gasteiger partial charge in [0.05, 0.1) is 12.7 Å². The van der Waals surface area contributed by atoms with Crippen LogP contribution >= 0.6 is 0 Å². The normalized spacial score (nSPS) is 17.2. The Bertz CT molecular complexity index is 656. The van der Waals surface area contributed by atoms with E-state index in [0.717, 1.165) is 0 Å². The maximum atomic E-state index is 12.2. The van der Waals surface area contributed by atoms with Crippen molar-refractivity contribution in [3.05, 3.63) is 29.3 Å². The Morgan fingerprint density at radius 2 is 2.00 bits per heavy atom. The highest BCUT2D eigenvalue weighted by Crippen LogP contribution is 2.20. The van der Waals surface area contributed by atoms with Gasteiger partial charge in [-0.05, 0) is 32.0 Å². The van der Waals surface area contributed by atoms with Gasteiger partial charge in [-0.25, -0.2) is 4.79 Å². The lowest BCUT2D eigenvalue weighted by Crippen LogP contribution is -2.34. The van der Waals surface area contributed by atoms with Crippen LogP contribution in [0.4, 0.5) is 0 Å². The van der Waals surface area contributed by atoms with Crippen molar-refractivity contribution in [3.8, 4) is 5.75 Å². The van der Waals surface area contributed by atoms with E-state index in [4.69, 9.17) is 0 Å². The van der Waals surface area contributed by atoms with Gasteiger partial charge in [0.2, 0.25) is 5.91 Å². The van der Waals surface area contributed by atoms with Gasteiger partial charge in [0.25, 0.3) is 5.91 Å². The Morgan fingerprint density at radius 3 is 2.58 bits per heavy atom. The number of likely N-dealkylation sites (tertiary alicyclic amines) is 1. The van der Waals surface area contributed by atoms with Crippen LogP contribution in [0.15, 0.2) is 18.2 Å². The van der Waals surface area contributed by atoms with E-state index in [1.165, 1.54) is 25.3 Å². The van der Waals surface area contributed by atoms with Gasteiger partial charge >= 0.3 is 5.97 Å². The van der Waals surface area contributed by atoms with Gasteiger partial charge in [-0.2, -0.15) is 0 Å². The first-order chi connectivity index (χ1) is 11.3. The molecule has 2 amide bonds. The number of esters is 1. The monoisotopic (exact) mass is 334 g/mol. The molecule has 0 spiro atoms. The van der Waals surface area contributed by atoms with E-state index >= 15 is 0 Å². The number of nitrogens with zero attached hydrogens (tertiary/aromatic N) is 1. The van der Waals surface area contributed by atoms with E-state index in [0.29, 0.717) is 19.5 Å². The molecule has 1 saturated heterocycles. The summed E-state index contributed by atoms with van der Waals surface area (Å²) in [6, 6.07) is 4.02. The number of hydrogen-bond donors (Lipinski definition) is 2. The second kappa shape index (κ2) is 7.33. The fourth-order valence-electron chi connectivity index (χ4n) is 2.76. The minimum Gasteiger partial charge on any atom is -0.508 e. The van der Waals surface area contributed by atoms with E-state index < -0.39 is 11.9 Å². The molecule has 1 aliphatic heterocycles. The predicted molar refractivity (Wildman–Crippen MR) is 86.7 cm³/mol. The van der Waals surface area contributed by atoms with Crippen molar-refractivity contribution >= 4 is 17.8 Å². The highest BCUT2D eigenvalue weighted by Gasteiger charge is 2.31. The lowest BCUT2D eigenvalue weighted by Gasteiger charge is -2.21. The summed E-state index contributed by atoms with van der Waals surface area (Å²) in [5.74, 6) is -1.08. The van der Waals surface area contributed by atoms with Crippen LogP contribution in [-0.4, -0.2) is 54.0 Å². The number of carbonyl (C=O) groups is 3. The lowest BCUT2D eigenvalue weighted by atomic mass is 10.1. The van der Waals surface area contributed by atoms with Crippen molar-refractivity contribution < 1.29 is 24.2 Å². The number of hydrogen-bond acceptors (Lipinski definition) is 5. The molecule has 1 aromatic rings. The number of aromatic hydroxyl groups is 1. The van der Waals surface area contributed by atoms with Crippen molar-refractivity contribution in [3.63, 3.8) is 0 Å². The van der Waals surface area contributed by atoms with Crippen molar-refractivity contribution in [2.45, 2.75) is 26.3 Å². The Labute approximate surface area is 140 Å². The SMILES string of the molecule is COC(=O)c1cc(O)cc(C(=O)NC[C@H]2CC(=O)N(C(C)C)C2)c1. The number of rotatable bonds is 5. The van der Waals surface area contributed by atoms with E-state index in [2.05, 4.69) is 10.1 Å². The van der Waals surface area contributed by atoms with Crippen molar-refractivity contribution in [1.82, 2.24) is 10.2 Å². The standard InChI is InChI=1S/C17H22N2O5/c1-10(2)19-9-11(4-15(19)21)8-18-16(22)12-5-13(17(23)24-3)7-14(20)6-12/h5-7,10-11,20H,4,8-9H2,1-3H3,(H,18,22)/t11-/m1/s1. The van der Waals surface area contributed by atoms with Gasteiger partial charge in [0.1, 0.15) is 5.75 Å². The number of phenolic OH excluding ortho intramolecular Hbond substituents is 1. The molecule has 2 N–H and O–H groups in total. The molecular formula is C17H22N2O5. The summed E-state index contributed by atoms with van der Waals surface area (Å²) in [5.41, 5.74) is 0.269. The number of nitrogens with one attached hydrogen (secondary N) is 1. The third-order valence-electron chi connectivity index (χ3n) is 4.01. The summed E-state index contributed by atoms with van der Waals surface area (Å²) >= 11 is 0. The third kappa shape index (κ3) is 4.04. The minimum absolute atomic E-state index is 0.0567. The number of phenols is 1. The third-order valence-corrected chi connectivity index (χ3v) is 4.01. The molecule has 0 saturated carbocycles. The van der Waals surface area contributed by atoms with Crippen molar-refractivity contribution in [2.24, 2.45) is 5.92 Å². The average molecular weight is 334 g/mol. The molecule has 0 bridgehead atoms. The molecule has 1 heterocycles. The molecule has 1 fully saturated rings. The number of methoxy groups -OCH3 is 1. The topological polar surface area (TPSA) is 95.9 Å². The Kier molecular flexibility index (Phi) is 5.43. The molecule has 0 aromatic heterocycles. The van der Waals surface area contributed by atoms with Gasteiger partial charge in [0, 0.05) is 37.0 Å². The summed E-state index contributed by atoms with van der Waals surface area (Å²) in [7, 11) is 1.23. The van der Waals surface area contributed by atoms with Gasteiger partial charge in [0.15, 0.2) is 0 Å². The number of carbonyl (C=O) groups excluding carboxylic acids is 3. The molecule has 7 nitrogen and oxygen atoms in total. The van der Waals surface area contributed by atoms with Gasteiger partial charge < -0.3 is 20.1 Å². The summed E-state index contributed by atoms with van der Waals surface area (Å²) < 4.78 is 4.59. The highest BCUT2D eigenvalue weighted by molar-refractivity contribution is 5.98. The molecule has 1 aromatic carbocycles. The van der Waals surface area contributed by atoms with Gasteiger partial charge in [-0.15, -0.1) is 0 Å². The molecule has 0 radical (unpaired) electrons. The molecule has 1 atom stereocenters. The summed E-state index contributed by atoms with van der Waals surface area (Å²) in [6.07, 6.45) is 0.409. The zero-order chi connectivity index (χ0) is 17.9. The lowest BCUT2D eigenvalue weighted by molar-refractivity contribution is -0.129. The summed E-state index contributed by atoms with van der Waals surface area (Å²) in [5, 5.41) is 12.4. The van der Waals surface area contributed by atoms with E-state index in [1.54, 1.807) is 4.90 Å². The summed E-state index contributed by atoms with van der Waals surface area (Å²) in [4.78, 5) is 37.4. The second-order valence-corrected chi connectivity index (χ2v) is 6.18. The fraction of sp³-hybridized carbons (Fsp3) is 0.471. The van der Waals surface area contributed by atoms with Crippen molar-refractivity contribution in [1.29, 1.82) is 0 Å². The van der Waals surface area contributed by atoms with Crippen LogP contribution in [0, 0.1) is 5.92 Å². The van der Waals surface area contributed by atoms with Crippen LogP contribution in [0.5, 0.6) is 5.75 Å². The predicted octanol–water partition coefficient (Wildman–Crippen LogP) is 1.17. The molecule has 1 aliphatic rings. The van der Waals surface area contributed by atoms with Crippen LogP contribution in [0.1, 0.15) is 41.0 Å². The zero-order valence-electron chi connectivity index (χ0n) is 14.0. The molecule has 24 heavy (non-hydrogen) atoms. The minimum atomic E-state index is -0.631. The fourth-order valence-corrected chi connectivity index (χ4v) is 2.76. The first-order valence-electron chi connectivity index (χ1n) is 7.81. The Hall–Kier alpha value is -2.57. The number of benzene rings is 1. The van der Waals surface area contributed by atoms with Crippen LogP contribution in [0.3, 0.4) is 0 Å². The van der Waals surface area contributed by atoms with E-state index in [9.17, 15) is 19.5 Å². The van der Waals surface area contributed by atoms with Crippen LogP contribution in [0.25, 0.3) is 0 Å². The molecular weight excluding hydrogens is 312 g/mol. The second-order valence-electron chi connectivity index (χ2n) is 6.18. The Morgan fingerprint density at radius 1 is 1.33 bits per heavy atom. The first-order valence-corrected chi connectivity index (χ1v) is 7.81. The van der Waals surface area contributed by atoms with Gasteiger partial charge in [-0.3, -0.25) is 9.59 Å². The van der Waals surface area contributed by atoms with Crippen molar-refractivity contribution in [2.75, 3.05) is 20.2 Å². The smallest absolute Gasteiger partial charge is 0.338 e. The highest BCUT2D eigenvalue weighted by atomic mass is 16.5. The van der Waals surface area contributed by atoms with Crippen LogP contribution < -0.4 is 5.32 Å². The van der Waals surface area contributed by atoms with Gasteiger partial charge in [-0.1, -0.05) is 0 Å². The van der Waals surface area contributed by atoms with E-state index in [1.807, 2.05) is 13.8 Å². The van der Waals surface area contributed by atoms with Crippen LogP contribution in [0.2, 0.25) is 0 Å². The quantitative estimate of drug-likeness (QED) is 0.788.